The predicted octanol–water partition coefficient (Wildman–Crippen LogP) is 2.38. The van der Waals surface area contributed by atoms with E-state index in [0.29, 0.717) is 0 Å². The monoisotopic (exact) mass is 259 g/mol. The average Bonchev–Trinajstić information content (AvgIpc) is 2.60. The zero-order chi connectivity index (χ0) is 12.7. The predicted molar refractivity (Wildman–Crippen MR) is 70.5 cm³/mol. The van der Waals surface area contributed by atoms with E-state index in [-0.39, 0.29) is 0 Å². The first-order chi connectivity index (χ1) is 8.20. The molecule has 1 heterocycles. The Hall–Kier alpha value is -0.580. The van der Waals surface area contributed by atoms with Gasteiger partial charge < -0.3 is 10.1 Å². The standard InChI is InChI=1S/C12H22ClN3O/c1-4-16-11(12(13)10(2)15-16)9-14-7-5-6-8-17-3/h14H,4-9H2,1-3H3. The Bertz CT molecular complexity index is 339. The smallest absolute Gasteiger partial charge is 0.0860 e. The van der Waals surface area contributed by atoms with Crippen LogP contribution in [0, 0.1) is 6.92 Å². The van der Waals surface area contributed by atoms with E-state index in [1.807, 2.05) is 11.6 Å². The van der Waals surface area contributed by atoms with E-state index in [4.69, 9.17) is 16.3 Å². The van der Waals surface area contributed by atoms with Gasteiger partial charge in [0.15, 0.2) is 0 Å². The molecule has 1 aromatic heterocycles. The molecule has 0 atom stereocenters. The summed E-state index contributed by atoms with van der Waals surface area (Å²) in [4.78, 5) is 0. The van der Waals surface area contributed by atoms with Gasteiger partial charge in [-0.25, -0.2) is 0 Å². The summed E-state index contributed by atoms with van der Waals surface area (Å²) >= 11 is 6.21. The van der Waals surface area contributed by atoms with E-state index in [1.165, 1.54) is 0 Å². The number of rotatable bonds is 8. The lowest BCUT2D eigenvalue weighted by molar-refractivity contribution is 0.192. The number of aryl methyl sites for hydroxylation is 2. The van der Waals surface area contributed by atoms with Gasteiger partial charge in [0.05, 0.1) is 16.4 Å². The number of hydrogen-bond acceptors (Lipinski definition) is 3. The van der Waals surface area contributed by atoms with E-state index in [0.717, 1.165) is 55.5 Å². The molecule has 5 heteroatoms. The van der Waals surface area contributed by atoms with E-state index in [9.17, 15) is 0 Å². The van der Waals surface area contributed by atoms with Gasteiger partial charge in [0.25, 0.3) is 0 Å². The van der Waals surface area contributed by atoms with Crippen LogP contribution in [-0.2, 0) is 17.8 Å². The summed E-state index contributed by atoms with van der Waals surface area (Å²) in [5.41, 5.74) is 1.99. The fourth-order valence-corrected chi connectivity index (χ4v) is 1.94. The molecule has 17 heavy (non-hydrogen) atoms. The summed E-state index contributed by atoms with van der Waals surface area (Å²) in [6, 6.07) is 0. The van der Waals surface area contributed by atoms with Crippen molar-refractivity contribution in [2.24, 2.45) is 0 Å². The highest BCUT2D eigenvalue weighted by Crippen LogP contribution is 2.19. The molecular weight excluding hydrogens is 238 g/mol. The van der Waals surface area contributed by atoms with E-state index >= 15 is 0 Å². The Kier molecular flexibility index (Phi) is 6.55. The van der Waals surface area contributed by atoms with E-state index in [2.05, 4.69) is 17.3 Å². The third-order valence-electron chi connectivity index (χ3n) is 2.70. The minimum atomic E-state index is 0.778. The number of hydrogen-bond donors (Lipinski definition) is 1. The molecule has 98 valence electrons. The van der Waals surface area contributed by atoms with Crippen LogP contribution in [0.2, 0.25) is 5.02 Å². The van der Waals surface area contributed by atoms with Gasteiger partial charge in [-0.3, -0.25) is 4.68 Å². The summed E-state index contributed by atoms with van der Waals surface area (Å²) in [7, 11) is 1.73. The highest BCUT2D eigenvalue weighted by atomic mass is 35.5. The molecule has 0 spiro atoms. The minimum absolute atomic E-state index is 0.778. The lowest BCUT2D eigenvalue weighted by atomic mass is 10.3. The molecule has 0 amide bonds. The maximum Gasteiger partial charge on any atom is 0.0860 e. The first-order valence-electron chi connectivity index (χ1n) is 6.12. The van der Waals surface area contributed by atoms with Gasteiger partial charge in [-0.05, 0) is 33.2 Å². The molecule has 1 rings (SSSR count). The number of halogens is 1. The van der Waals surface area contributed by atoms with Crippen LogP contribution in [-0.4, -0.2) is 30.0 Å². The van der Waals surface area contributed by atoms with Crippen LogP contribution in [0.25, 0.3) is 0 Å². The molecule has 0 aliphatic carbocycles. The van der Waals surface area contributed by atoms with Gasteiger partial charge in [-0.1, -0.05) is 11.6 Å². The summed E-state index contributed by atoms with van der Waals surface area (Å²) in [5.74, 6) is 0. The van der Waals surface area contributed by atoms with Crippen molar-refractivity contribution in [3.63, 3.8) is 0 Å². The Balaban J connectivity index is 2.35. The van der Waals surface area contributed by atoms with Crippen LogP contribution >= 0.6 is 11.6 Å². The van der Waals surface area contributed by atoms with Crippen LogP contribution in [0.15, 0.2) is 0 Å². The number of aromatic nitrogens is 2. The van der Waals surface area contributed by atoms with Crippen molar-refractivity contribution in [1.29, 1.82) is 0 Å². The number of nitrogens with zero attached hydrogens (tertiary/aromatic N) is 2. The summed E-state index contributed by atoms with van der Waals surface area (Å²) in [6.45, 7) is 7.46. The Labute approximate surface area is 108 Å². The quantitative estimate of drug-likeness (QED) is 0.729. The average molecular weight is 260 g/mol. The van der Waals surface area contributed by atoms with Crippen LogP contribution in [0.4, 0.5) is 0 Å². The maximum atomic E-state index is 6.21. The molecule has 4 nitrogen and oxygen atoms in total. The minimum Gasteiger partial charge on any atom is -0.385 e. The second kappa shape index (κ2) is 7.69. The molecule has 1 aromatic rings. The topological polar surface area (TPSA) is 39.1 Å². The van der Waals surface area contributed by atoms with Gasteiger partial charge >= 0.3 is 0 Å². The summed E-state index contributed by atoms with van der Waals surface area (Å²) in [6.07, 6.45) is 2.20. The normalized spacial score (nSPS) is 11.1. The molecule has 0 aliphatic heterocycles. The molecule has 0 aromatic carbocycles. The SMILES string of the molecule is CCn1nc(C)c(Cl)c1CNCCCCOC. The molecule has 0 saturated heterocycles. The zero-order valence-electron chi connectivity index (χ0n) is 10.9. The third-order valence-corrected chi connectivity index (χ3v) is 3.19. The lowest BCUT2D eigenvalue weighted by Gasteiger charge is -2.07. The zero-order valence-corrected chi connectivity index (χ0v) is 11.7. The first-order valence-corrected chi connectivity index (χ1v) is 6.50. The van der Waals surface area contributed by atoms with Crippen molar-refractivity contribution in [2.45, 2.75) is 39.8 Å². The van der Waals surface area contributed by atoms with Crippen LogP contribution in [0.5, 0.6) is 0 Å². The second-order valence-electron chi connectivity index (χ2n) is 4.04. The number of ether oxygens (including phenoxy) is 1. The summed E-state index contributed by atoms with van der Waals surface area (Å²) < 4.78 is 6.96. The third kappa shape index (κ3) is 4.30. The van der Waals surface area contributed by atoms with Gasteiger partial charge in [0.1, 0.15) is 0 Å². The van der Waals surface area contributed by atoms with E-state index in [1.54, 1.807) is 7.11 Å². The molecular formula is C12H22ClN3O. The van der Waals surface area contributed by atoms with Crippen molar-refractivity contribution < 1.29 is 4.74 Å². The highest BCUT2D eigenvalue weighted by Gasteiger charge is 2.11. The Morgan fingerprint density at radius 1 is 1.41 bits per heavy atom. The molecule has 0 radical (unpaired) electrons. The van der Waals surface area contributed by atoms with Crippen molar-refractivity contribution in [1.82, 2.24) is 15.1 Å². The molecule has 0 bridgehead atoms. The van der Waals surface area contributed by atoms with Crippen molar-refractivity contribution >= 4 is 11.6 Å². The maximum absolute atomic E-state index is 6.21. The molecule has 0 unspecified atom stereocenters. The first kappa shape index (κ1) is 14.5. The van der Waals surface area contributed by atoms with Crippen molar-refractivity contribution in [3.05, 3.63) is 16.4 Å². The fraction of sp³-hybridized carbons (Fsp3) is 0.750. The van der Waals surface area contributed by atoms with Crippen LogP contribution in [0.3, 0.4) is 0 Å². The van der Waals surface area contributed by atoms with Gasteiger partial charge in [-0.2, -0.15) is 5.10 Å². The number of nitrogens with one attached hydrogen (secondary N) is 1. The molecule has 0 saturated carbocycles. The molecule has 1 N–H and O–H groups in total. The molecule has 0 fully saturated rings. The number of methoxy groups -OCH3 is 1. The van der Waals surface area contributed by atoms with Gasteiger partial charge in [0.2, 0.25) is 0 Å². The molecule has 0 aliphatic rings. The Morgan fingerprint density at radius 2 is 2.18 bits per heavy atom. The number of unbranched alkanes of at least 4 members (excludes halogenated alkanes) is 1. The van der Waals surface area contributed by atoms with Crippen LogP contribution < -0.4 is 5.32 Å². The van der Waals surface area contributed by atoms with Gasteiger partial charge in [-0.15, -0.1) is 0 Å². The van der Waals surface area contributed by atoms with Crippen LogP contribution in [0.1, 0.15) is 31.2 Å². The Morgan fingerprint density at radius 3 is 2.82 bits per heavy atom. The second-order valence-corrected chi connectivity index (χ2v) is 4.42. The largest absolute Gasteiger partial charge is 0.385 e. The van der Waals surface area contributed by atoms with Crippen molar-refractivity contribution in [2.75, 3.05) is 20.3 Å². The highest BCUT2D eigenvalue weighted by molar-refractivity contribution is 6.31. The fourth-order valence-electron chi connectivity index (χ4n) is 1.74. The van der Waals surface area contributed by atoms with E-state index < -0.39 is 0 Å². The lowest BCUT2D eigenvalue weighted by Crippen LogP contribution is -2.18. The summed E-state index contributed by atoms with van der Waals surface area (Å²) in [5, 5.41) is 8.56. The van der Waals surface area contributed by atoms with Crippen molar-refractivity contribution in [3.8, 4) is 0 Å². The van der Waals surface area contributed by atoms with Gasteiger partial charge in [0, 0.05) is 26.8 Å².